The minimum Gasteiger partial charge on any atom is -0.381 e. The lowest BCUT2D eigenvalue weighted by Crippen LogP contribution is -2.23. The van der Waals surface area contributed by atoms with E-state index in [-0.39, 0.29) is 0 Å². The maximum atomic E-state index is 5.89. The molecule has 21 heavy (non-hydrogen) atoms. The number of ether oxygens (including phenoxy) is 2. The van der Waals surface area contributed by atoms with Crippen molar-refractivity contribution in [1.82, 2.24) is 0 Å². The van der Waals surface area contributed by atoms with Crippen molar-refractivity contribution in [3.63, 3.8) is 0 Å². The average Bonchev–Trinajstić information content (AvgIpc) is 2.48. The number of benzene rings is 1. The van der Waals surface area contributed by atoms with Crippen LogP contribution in [0.15, 0.2) is 29.3 Å². The van der Waals surface area contributed by atoms with E-state index in [1.165, 1.54) is 0 Å². The molecule has 0 saturated heterocycles. The number of nitrogens with zero attached hydrogens (tertiary/aromatic N) is 1. The molecule has 0 aliphatic heterocycles. The summed E-state index contributed by atoms with van der Waals surface area (Å²) in [6, 6.07) is 7.89. The van der Waals surface area contributed by atoms with E-state index < -0.39 is 0 Å². The molecule has 5 heteroatoms. The summed E-state index contributed by atoms with van der Waals surface area (Å²) in [5.74, 6) is 0.423. The zero-order chi connectivity index (χ0) is 15.3. The van der Waals surface area contributed by atoms with Crippen LogP contribution >= 0.6 is 0 Å². The molecule has 1 rings (SSSR count). The monoisotopic (exact) mass is 293 g/mol. The first-order valence-electron chi connectivity index (χ1n) is 7.49. The summed E-state index contributed by atoms with van der Waals surface area (Å²) in [5, 5.41) is 3.11. The Hall–Kier alpha value is -1.59. The Morgan fingerprint density at radius 2 is 2.00 bits per heavy atom. The summed E-state index contributed by atoms with van der Waals surface area (Å²) in [6.45, 7) is 4.93. The average molecular weight is 293 g/mol. The van der Waals surface area contributed by atoms with Gasteiger partial charge in [0.15, 0.2) is 5.96 Å². The van der Waals surface area contributed by atoms with E-state index in [1.807, 2.05) is 24.3 Å². The Bertz CT molecular complexity index is 422. The molecular formula is C16H27N3O2. The van der Waals surface area contributed by atoms with Gasteiger partial charge in [-0.1, -0.05) is 31.5 Å². The molecule has 0 unspecified atom stereocenters. The van der Waals surface area contributed by atoms with Gasteiger partial charge in [0.2, 0.25) is 0 Å². The number of aliphatic imine (C=N–C) groups is 1. The Balaban J connectivity index is 2.32. The SMILES string of the molecule is CCCCOCCCN=C(N)Nc1ccccc1COC. The van der Waals surface area contributed by atoms with Gasteiger partial charge < -0.3 is 20.5 Å². The molecular weight excluding hydrogens is 266 g/mol. The fourth-order valence-corrected chi connectivity index (χ4v) is 1.82. The van der Waals surface area contributed by atoms with Crippen molar-refractivity contribution in [3.8, 4) is 0 Å². The van der Waals surface area contributed by atoms with Crippen LogP contribution in [0.3, 0.4) is 0 Å². The molecule has 0 aromatic heterocycles. The van der Waals surface area contributed by atoms with Crippen LogP contribution in [0.5, 0.6) is 0 Å². The van der Waals surface area contributed by atoms with Gasteiger partial charge in [0.1, 0.15) is 0 Å². The highest BCUT2D eigenvalue weighted by molar-refractivity contribution is 5.92. The Kier molecular flexibility index (Phi) is 9.24. The summed E-state index contributed by atoms with van der Waals surface area (Å²) in [5.41, 5.74) is 7.88. The number of anilines is 1. The lowest BCUT2D eigenvalue weighted by atomic mass is 10.2. The second-order valence-corrected chi connectivity index (χ2v) is 4.80. The fraction of sp³-hybridized carbons (Fsp3) is 0.562. The minimum atomic E-state index is 0.423. The first-order chi connectivity index (χ1) is 10.3. The van der Waals surface area contributed by atoms with E-state index in [9.17, 15) is 0 Å². The second kappa shape index (κ2) is 11.1. The lowest BCUT2D eigenvalue weighted by Gasteiger charge is -2.10. The van der Waals surface area contributed by atoms with E-state index >= 15 is 0 Å². The van der Waals surface area contributed by atoms with E-state index in [0.717, 1.165) is 43.7 Å². The fourth-order valence-electron chi connectivity index (χ4n) is 1.82. The van der Waals surface area contributed by atoms with Crippen molar-refractivity contribution in [2.75, 3.05) is 32.2 Å². The molecule has 0 bridgehead atoms. The van der Waals surface area contributed by atoms with Crippen LogP contribution in [0, 0.1) is 0 Å². The minimum absolute atomic E-state index is 0.423. The van der Waals surface area contributed by atoms with Gasteiger partial charge >= 0.3 is 0 Å². The van der Waals surface area contributed by atoms with E-state index in [1.54, 1.807) is 7.11 Å². The quantitative estimate of drug-likeness (QED) is 0.395. The summed E-state index contributed by atoms with van der Waals surface area (Å²) >= 11 is 0. The molecule has 1 aromatic carbocycles. The van der Waals surface area contributed by atoms with Gasteiger partial charge in [0, 0.05) is 38.1 Å². The number of hydrogen-bond acceptors (Lipinski definition) is 3. The molecule has 0 aliphatic rings. The largest absolute Gasteiger partial charge is 0.381 e. The normalized spacial score (nSPS) is 11.6. The molecule has 0 amide bonds. The topological polar surface area (TPSA) is 68.9 Å². The predicted molar refractivity (Wildman–Crippen MR) is 87.6 cm³/mol. The zero-order valence-corrected chi connectivity index (χ0v) is 13.1. The van der Waals surface area contributed by atoms with Gasteiger partial charge in [-0.2, -0.15) is 0 Å². The summed E-state index contributed by atoms with van der Waals surface area (Å²) in [4.78, 5) is 4.30. The van der Waals surface area contributed by atoms with Crippen LogP contribution in [0.25, 0.3) is 0 Å². The standard InChI is InChI=1S/C16H27N3O2/c1-3-4-11-21-12-7-10-18-16(17)19-15-9-6-5-8-14(15)13-20-2/h5-6,8-9H,3-4,7,10-13H2,1-2H3,(H3,17,18,19). The van der Waals surface area contributed by atoms with E-state index in [0.29, 0.717) is 19.1 Å². The highest BCUT2D eigenvalue weighted by atomic mass is 16.5. The summed E-state index contributed by atoms with van der Waals surface area (Å²) in [6.07, 6.45) is 3.16. The van der Waals surface area contributed by atoms with Gasteiger partial charge in [-0.25, -0.2) is 0 Å². The van der Waals surface area contributed by atoms with E-state index in [4.69, 9.17) is 15.2 Å². The highest BCUT2D eigenvalue weighted by Gasteiger charge is 2.02. The first-order valence-corrected chi connectivity index (χ1v) is 7.49. The molecule has 0 radical (unpaired) electrons. The second-order valence-electron chi connectivity index (χ2n) is 4.80. The van der Waals surface area contributed by atoms with Crippen molar-refractivity contribution < 1.29 is 9.47 Å². The van der Waals surface area contributed by atoms with Crippen LogP contribution in [0.4, 0.5) is 5.69 Å². The Morgan fingerprint density at radius 1 is 1.24 bits per heavy atom. The molecule has 0 atom stereocenters. The molecule has 0 heterocycles. The van der Waals surface area contributed by atoms with Crippen LogP contribution in [0.1, 0.15) is 31.7 Å². The van der Waals surface area contributed by atoms with Crippen LogP contribution in [-0.2, 0) is 16.1 Å². The zero-order valence-electron chi connectivity index (χ0n) is 13.1. The number of nitrogens with two attached hydrogens (primary N) is 1. The van der Waals surface area contributed by atoms with Gasteiger partial charge in [-0.15, -0.1) is 0 Å². The van der Waals surface area contributed by atoms with Gasteiger partial charge in [0.25, 0.3) is 0 Å². The number of hydrogen-bond donors (Lipinski definition) is 2. The number of guanidine groups is 1. The third-order valence-electron chi connectivity index (χ3n) is 2.95. The maximum Gasteiger partial charge on any atom is 0.193 e. The highest BCUT2D eigenvalue weighted by Crippen LogP contribution is 2.15. The Morgan fingerprint density at radius 3 is 2.76 bits per heavy atom. The summed E-state index contributed by atoms with van der Waals surface area (Å²) in [7, 11) is 1.67. The van der Waals surface area contributed by atoms with Crippen molar-refractivity contribution >= 4 is 11.6 Å². The third-order valence-corrected chi connectivity index (χ3v) is 2.95. The smallest absolute Gasteiger partial charge is 0.193 e. The van der Waals surface area contributed by atoms with Crippen molar-refractivity contribution in [2.45, 2.75) is 32.8 Å². The molecule has 0 saturated carbocycles. The van der Waals surface area contributed by atoms with E-state index in [2.05, 4.69) is 17.2 Å². The number of nitrogens with one attached hydrogen (secondary N) is 1. The van der Waals surface area contributed by atoms with Crippen molar-refractivity contribution in [1.29, 1.82) is 0 Å². The first kappa shape index (κ1) is 17.5. The number of para-hydroxylation sites is 1. The molecule has 0 spiro atoms. The molecule has 3 N–H and O–H groups in total. The molecule has 5 nitrogen and oxygen atoms in total. The van der Waals surface area contributed by atoms with Crippen LogP contribution in [-0.4, -0.2) is 32.8 Å². The van der Waals surface area contributed by atoms with Gasteiger partial charge in [-0.05, 0) is 18.9 Å². The van der Waals surface area contributed by atoms with Crippen LogP contribution in [0.2, 0.25) is 0 Å². The van der Waals surface area contributed by atoms with Crippen molar-refractivity contribution in [2.24, 2.45) is 10.7 Å². The van der Waals surface area contributed by atoms with Crippen molar-refractivity contribution in [3.05, 3.63) is 29.8 Å². The van der Waals surface area contributed by atoms with Crippen LogP contribution < -0.4 is 11.1 Å². The van der Waals surface area contributed by atoms with Gasteiger partial charge in [0.05, 0.1) is 6.61 Å². The predicted octanol–water partition coefficient (Wildman–Crippen LogP) is 2.77. The molecule has 118 valence electrons. The Labute approximate surface area is 127 Å². The number of unbranched alkanes of at least 4 members (excludes halogenated alkanes) is 1. The maximum absolute atomic E-state index is 5.89. The lowest BCUT2D eigenvalue weighted by molar-refractivity contribution is 0.130. The third kappa shape index (κ3) is 7.68. The number of methoxy groups -OCH3 is 1. The summed E-state index contributed by atoms with van der Waals surface area (Å²) < 4.78 is 10.6. The number of rotatable bonds is 10. The van der Waals surface area contributed by atoms with Gasteiger partial charge in [-0.3, -0.25) is 4.99 Å². The molecule has 1 aromatic rings. The molecule has 0 fully saturated rings. The molecule has 0 aliphatic carbocycles.